The SMILES string of the molecule is BrCCOc1cccc(I)c1. The average Bonchev–Trinajstić information content (AvgIpc) is 2.01. The van der Waals surface area contributed by atoms with E-state index in [2.05, 4.69) is 38.5 Å². The van der Waals surface area contributed by atoms with Crippen molar-refractivity contribution < 1.29 is 4.74 Å². The summed E-state index contributed by atoms with van der Waals surface area (Å²) in [5, 5.41) is 0.873. The van der Waals surface area contributed by atoms with Crippen LogP contribution in [0.15, 0.2) is 24.3 Å². The normalized spacial score (nSPS) is 9.64. The van der Waals surface area contributed by atoms with Gasteiger partial charge in [0.2, 0.25) is 0 Å². The topological polar surface area (TPSA) is 9.23 Å². The molecule has 0 atom stereocenters. The Labute approximate surface area is 88.4 Å². The molecule has 0 unspecified atom stereocenters. The molecule has 1 nitrogen and oxygen atoms in total. The van der Waals surface area contributed by atoms with Crippen LogP contribution in [0.1, 0.15) is 0 Å². The molecule has 0 saturated heterocycles. The van der Waals surface area contributed by atoms with Crippen molar-refractivity contribution in [2.75, 3.05) is 11.9 Å². The summed E-state index contributed by atoms with van der Waals surface area (Å²) < 4.78 is 6.59. The van der Waals surface area contributed by atoms with Crippen molar-refractivity contribution in [3.8, 4) is 5.75 Å². The van der Waals surface area contributed by atoms with E-state index in [1.165, 1.54) is 3.57 Å². The van der Waals surface area contributed by atoms with E-state index in [1.54, 1.807) is 0 Å². The summed E-state index contributed by atoms with van der Waals surface area (Å²) in [5.41, 5.74) is 0. The van der Waals surface area contributed by atoms with Crippen molar-refractivity contribution in [2.45, 2.75) is 0 Å². The van der Waals surface area contributed by atoms with Gasteiger partial charge in [0.05, 0.1) is 6.61 Å². The number of halogens is 2. The largest absolute Gasteiger partial charge is 0.493 e. The van der Waals surface area contributed by atoms with Crippen LogP contribution >= 0.6 is 38.5 Å². The van der Waals surface area contributed by atoms with Crippen molar-refractivity contribution in [1.82, 2.24) is 0 Å². The first-order chi connectivity index (χ1) is 5.33. The molecule has 1 rings (SSSR count). The van der Waals surface area contributed by atoms with Gasteiger partial charge in [0.1, 0.15) is 5.75 Å². The molecule has 0 aliphatic heterocycles. The van der Waals surface area contributed by atoms with Crippen LogP contribution in [0.4, 0.5) is 0 Å². The lowest BCUT2D eigenvalue weighted by Gasteiger charge is -2.02. The number of hydrogen-bond acceptors (Lipinski definition) is 1. The molecular weight excluding hydrogens is 319 g/mol. The highest BCUT2D eigenvalue weighted by molar-refractivity contribution is 14.1. The molecule has 0 amide bonds. The lowest BCUT2D eigenvalue weighted by atomic mass is 10.3. The van der Waals surface area contributed by atoms with Crippen LogP contribution in [0.2, 0.25) is 0 Å². The Hall–Kier alpha value is 0.230. The van der Waals surface area contributed by atoms with Gasteiger partial charge in [-0.25, -0.2) is 0 Å². The molecule has 0 aliphatic carbocycles. The van der Waals surface area contributed by atoms with Gasteiger partial charge in [-0.1, -0.05) is 22.0 Å². The first-order valence-corrected chi connectivity index (χ1v) is 5.47. The number of alkyl halides is 1. The zero-order chi connectivity index (χ0) is 8.10. The van der Waals surface area contributed by atoms with Crippen molar-refractivity contribution in [3.05, 3.63) is 27.8 Å². The summed E-state index contributed by atoms with van der Waals surface area (Å²) in [7, 11) is 0. The zero-order valence-corrected chi connectivity index (χ0v) is 9.63. The predicted molar refractivity (Wildman–Crippen MR) is 58.4 cm³/mol. The average molecular weight is 327 g/mol. The number of rotatable bonds is 3. The van der Waals surface area contributed by atoms with Crippen molar-refractivity contribution in [3.63, 3.8) is 0 Å². The second-order valence-electron chi connectivity index (χ2n) is 1.99. The highest BCUT2D eigenvalue weighted by atomic mass is 127. The van der Waals surface area contributed by atoms with Gasteiger partial charge in [0.15, 0.2) is 0 Å². The fourth-order valence-electron chi connectivity index (χ4n) is 0.713. The van der Waals surface area contributed by atoms with Gasteiger partial charge in [0.25, 0.3) is 0 Å². The van der Waals surface area contributed by atoms with E-state index in [0.717, 1.165) is 17.7 Å². The molecule has 3 heteroatoms. The molecular formula is C8H8BrIO. The van der Waals surface area contributed by atoms with Crippen LogP contribution in [0.25, 0.3) is 0 Å². The summed E-state index contributed by atoms with van der Waals surface area (Å²) in [6.45, 7) is 0.722. The van der Waals surface area contributed by atoms with Crippen LogP contribution in [0, 0.1) is 3.57 Å². The van der Waals surface area contributed by atoms with Crippen LogP contribution in [0.3, 0.4) is 0 Å². The molecule has 0 N–H and O–H groups in total. The van der Waals surface area contributed by atoms with Gasteiger partial charge < -0.3 is 4.74 Å². The lowest BCUT2D eigenvalue weighted by Crippen LogP contribution is -1.97. The van der Waals surface area contributed by atoms with E-state index in [-0.39, 0.29) is 0 Å². The number of hydrogen-bond donors (Lipinski definition) is 0. The van der Waals surface area contributed by atoms with E-state index >= 15 is 0 Å². The Morgan fingerprint density at radius 2 is 2.27 bits per heavy atom. The lowest BCUT2D eigenvalue weighted by molar-refractivity contribution is 0.345. The van der Waals surface area contributed by atoms with Gasteiger partial charge in [-0.3, -0.25) is 0 Å². The third-order valence-electron chi connectivity index (χ3n) is 1.14. The molecule has 0 saturated carbocycles. The first kappa shape index (κ1) is 9.32. The Morgan fingerprint density at radius 1 is 1.45 bits per heavy atom. The fourth-order valence-corrected chi connectivity index (χ4v) is 1.39. The van der Waals surface area contributed by atoms with Gasteiger partial charge in [-0.2, -0.15) is 0 Å². The zero-order valence-electron chi connectivity index (χ0n) is 5.89. The highest BCUT2D eigenvalue weighted by Gasteiger charge is 1.91. The minimum atomic E-state index is 0.722. The number of benzene rings is 1. The molecule has 1 aromatic rings. The van der Waals surface area contributed by atoms with Crippen molar-refractivity contribution >= 4 is 38.5 Å². The summed E-state index contributed by atoms with van der Waals surface area (Å²) in [4.78, 5) is 0. The van der Waals surface area contributed by atoms with Gasteiger partial charge in [0, 0.05) is 8.90 Å². The van der Waals surface area contributed by atoms with Crippen molar-refractivity contribution in [2.24, 2.45) is 0 Å². The Bertz CT molecular complexity index is 227. The molecule has 0 radical (unpaired) electrons. The molecule has 0 spiro atoms. The van der Waals surface area contributed by atoms with Crippen LogP contribution in [-0.4, -0.2) is 11.9 Å². The Balaban J connectivity index is 2.56. The maximum atomic E-state index is 5.38. The maximum absolute atomic E-state index is 5.38. The quantitative estimate of drug-likeness (QED) is 0.613. The van der Waals surface area contributed by atoms with E-state index < -0.39 is 0 Å². The molecule has 0 heterocycles. The molecule has 0 bridgehead atoms. The second kappa shape index (κ2) is 4.98. The first-order valence-electron chi connectivity index (χ1n) is 3.27. The Kier molecular flexibility index (Phi) is 4.22. The van der Waals surface area contributed by atoms with Crippen LogP contribution < -0.4 is 4.74 Å². The minimum absolute atomic E-state index is 0.722. The highest BCUT2D eigenvalue weighted by Crippen LogP contribution is 2.14. The fraction of sp³-hybridized carbons (Fsp3) is 0.250. The number of ether oxygens (including phenoxy) is 1. The third-order valence-corrected chi connectivity index (χ3v) is 2.14. The monoisotopic (exact) mass is 326 g/mol. The molecule has 0 fully saturated rings. The molecule has 1 aromatic carbocycles. The summed E-state index contributed by atoms with van der Waals surface area (Å²) in [6.07, 6.45) is 0. The van der Waals surface area contributed by atoms with Crippen LogP contribution in [0.5, 0.6) is 5.75 Å². The van der Waals surface area contributed by atoms with E-state index in [1.807, 2.05) is 24.3 Å². The Morgan fingerprint density at radius 3 is 2.91 bits per heavy atom. The summed E-state index contributed by atoms with van der Waals surface area (Å²) in [5.74, 6) is 0.941. The maximum Gasteiger partial charge on any atom is 0.120 e. The standard InChI is InChI=1S/C8H8BrIO/c9-4-5-11-8-3-1-2-7(10)6-8/h1-3,6H,4-5H2. The molecule has 11 heavy (non-hydrogen) atoms. The van der Waals surface area contributed by atoms with Gasteiger partial charge in [-0.05, 0) is 40.8 Å². The third kappa shape index (κ3) is 3.42. The molecule has 0 aliphatic rings. The van der Waals surface area contributed by atoms with E-state index in [0.29, 0.717) is 0 Å². The summed E-state index contributed by atoms with van der Waals surface area (Å²) >= 11 is 5.56. The summed E-state index contributed by atoms with van der Waals surface area (Å²) in [6, 6.07) is 8.01. The smallest absolute Gasteiger partial charge is 0.120 e. The van der Waals surface area contributed by atoms with Crippen molar-refractivity contribution in [1.29, 1.82) is 0 Å². The van der Waals surface area contributed by atoms with Gasteiger partial charge in [-0.15, -0.1) is 0 Å². The van der Waals surface area contributed by atoms with E-state index in [9.17, 15) is 0 Å². The molecule has 0 aromatic heterocycles. The minimum Gasteiger partial charge on any atom is -0.493 e. The van der Waals surface area contributed by atoms with Gasteiger partial charge >= 0.3 is 0 Å². The van der Waals surface area contributed by atoms with Crippen LogP contribution in [-0.2, 0) is 0 Å². The second-order valence-corrected chi connectivity index (χ2v) is 4.03. The predicted octanol–water partition coefficient (Wildman–Crippen LogP) is 3.06. The molecule has 60 valence electrons. The van der Waals surface area contributed by atoms with E-state index in [4.69, 9.17) is 4.74 Å².